The van der Waals surface area contributed by atoms with Gasteiger partial charge in [0.15, 0.2) is 0 Å². The van der Waals surface area contributed by atoms with E-state index >= 15 is 0 Å². The van der Waals surface area contributed by atoms with Crippen molar-refractivity contribution in [1.29, 1.82) is 0 Å². The molecule has 4 rings (SSSR count). The highest BCUT2D eigenvalue weighted by Crippen LogP contribution is 2.57. The zero-order valence-corrected chi connectivity index (χ0v) is 10.4. The van der Waals surface area contributed by atoms with E-state index in [1.165, 1.54) is 17.5 Å². The lowest BCUT2D eigenvalue weighted by molar-refractivity contribution is -0.120. The smallest absolute Gasteiger partial charge is 0.138 e. The van der Waals surface area contributed by atoms with Crippen molar-refractivity contribution in [3.8, 4) is 0 Å². The van der Waals surface area contributed by atoms with Gasteiger partial charge in [0.25, 0.3) is 0 Å². The van der Waals surface area contributed by atoms with Crippen molar-refractivity contribution >= 4 is 11.5 Å². The number of rotatable bonds is 0. The van der Waals surface area contributed by atoms with E-state index in [4.69, 9.17) is 5.73 Å². The maximum absolute atomic E-state index is 12.1. The number of Topliss-reactive ketones (excluding diaryl/α,β-unsaturated/α-hetero) is 1. The number of carbonyl (C=O) groups is 1. The van der Waals surface area contributed by atoms with Crippen molar-refractivity contribution in [3.63, 3.8) is 0 Å². The molecule has 1 aromatic carbocycles. The van der Waals surface area contributed by atoms with E-state index in [1.54, 1.807) is 0 Å². The first kappa shape index (κ1) is 10.4. The largest absolute Gasteiger partial charge is 0.399 e. The van der Waals surface area contributed by atoms with Gasteiger partial charge in [-0.15, -0.1) is 0 Å². The first-order valence-electron chi connectivity index (χ1n) is 6.76. The number of fused-ring (bicyclic) bond motifs is 5. The van der Waals surface area contributed by atoms with Gasteiger partial charge in [0.1, 0.15) is 5.78 Å². The van der Waals surface area contributed by atoms with E-state index in [1.807, 2.05) is 6.07 Å². The Morgan fingerprint density at radius 3 is 2.89 bits per heavy atom. The number of carbonyl (C=O) groups excluding carboxylic acids is 1. The summed E-state index contributed by atoms with van der Waals surface area (Å²) in [6, 6.07) is 6.10. The summed E-state index contributed by atoms with van der Waals surface area (Å²) >= 11 is 0. The van der Waals surface area contributed by atoms with E-state index in [0.717, 1.165) is 18.5 Å². The Kier molecular flexibility index (Phi) is 1.87. The Bertz CT molecular complexity index is 574. The molecule has 2 heteroatoms. The van der Waals surface area contributed by atoms with Crippen LogP contribution in [-0.4, -0.2) is 5.78 Å². The molecule has 0 amide bonds. The van der Waals surface area contributed by atoms with E-state index in [9.17, 15) is 4.79 Å². The van der Waals surface area contributed by atoms with Gasteiger partial charge in [-0.2, -0.15) is 0 Å². The van der Waals surface area contributed by atoms with Crippen LogP contribution in [-0.2, 0) is 16.6 Å². The summed E-state index contributed by atoms with van der Waals surface area (Å²) in [7, 11) is 0. The molecular formula is C16H17NO. The fraction of sp³-hybridized carbons (Fsp3) is 0.438. The minimum absolute atomic E-state index is 0.0689. The molecule has 3 unspecified atom stereocenters. The van der Waals surface area contributed by atoms with Gasteiger partial charge in [-0.3, -0.25) is 4.79 Å². The topological polar surface area (TPSA) is 43.1 Å². The zero-order chi connectivity index (χ0) is 12.3. The molecule has 2 N–H and O–H groups in total. The van der Waals surface area contributed by atoms with Gasteiger partial charge in [0.2, 0.25) is 0 Å². The number of nitrogen functional groups attached to an aromatic ring is 1. The van der Waals surface area contributed by atoms with Crippen LogP contribution in [0.5, 0.6) is 0 Å². The van der Waals surface area contributed by atoms with Crippen molar-refractivity contribution < 1.29 is 4.79 Å². The van der Waals surface area contributed by atoms with Gasteiger partial charge in [0, 0.05) is 23.9 Å². The lowest BCUT2D eigenvalue weighted by Crippen LogP contribution is -2.38. The summed E-state index contributed by atoms with van der Waals surface area (Å²) in [5.41, 5.74) is 9.43. The number of nitrogens with two attached hydrogens (primary N) is 1. The number of anilines is 1. The molecule has 2 bridgehead atoms. The molecule has 0 heterocycles. The Hall–Kier alpha value is -1.57. The minimum Gasteiger partial charge on any atom is -0.399 e. The van der Waals surface area contributed by atoms with Gasteiger partial charge in [-0.1, -0.05) is 18.2 Å². The number of hydrogen-bond acceptors (Lipinski definition) is 2. The van der Waals surface area contributed by atoms with Crippen LogP contribution in [0.2, 0.25) is 0 Å². The molecule has 18 heavy (non-hydrogen) atoms. The average molecular weight is 239 g/mol. The summed E-state index contributed by atoms with van der Waals surface area (Å²) in [6.45, 7) is 0. The predicted molar refractivity (Wildman–Crippen MR) is 71.2 cm³/mol. The molecule has 3 aliphatic rings. The van der Waals surface area contributed by atoms with E-state index in [-0.39, 0.29) is 5.41 Å². The van der Waals surface area contributed by atoms with Crippen molar-refractivity contribution in [2.45, 2.75) is 31.1 Å². The van der Waals surface area contributed by atoms with Crippen LogP contribution in [0.3, 0.4) is 0 Å². The molecule has 0 radical (unpaired) electrons. The molecule has 1 saturated carbocycles. The van der Waals surface area contributed by atoms with Crippen LogP contribution in [0.1, 0.15) is 30.4 Å². The molecule has 1 spiro atoms. The first-order chi connectivity index (χ1) is 8.67. The van der Waals surface area contributed by atoms with Crippen molar-refractivity contribution in [3.05, 3.63) is 41.5 Å². The van der Waals surface area contributed by atoms with Crippen molar-refractivity contribution in [2.24, 2.45) is 11.8 Å². The molecule has 92 valence electrons. The van der Waals surface area contributed by atoms with Gasteiger partial charge >= 0.3 is 0 Å². The van der Waals surface area contributed by atoms with Gasteiger partial charge < -0.3 is 5.73 Å². The third-order valence-corrected chi connectivity index (χ3v) is 5.08. The Morgan fingerprint density at radius 1 is 1.28 bits per heavy atom. The zero-order valence-electron chi connectivity index (χ0n) is 10.4. The maximum Gasteiger partial charge on any atom is 0.138 e. The quantitative estimate of drug-likeness (QED) is 0.558. The summed E-state index contributed by atoms with van der Waals surface area (Å²) in [4.78, 5) is 12.1. The summed E-state index contributed by atoms with van der Waals surface area (Å²) < 4.78 is 0. The second-order valence-electron chi connectivity index (χ2n) is 6.16. The number of ketones is 1. The molecule has 0 aliphatic heterocycles. The Morgan fingerprint density at radius 2 is 2.17 bits per heavy atom. The molecule has 1 aromatic rings. The van der Waals surface area contributed by atoms with E-state index in [2.05, 4.69) is 24.3 Å². The standard InChI is InChI=1S/C16H17NO/c17-13-4-2-11-6-14(18)9-16(15(11)7-13)8-10-1-3-12(16)5-10/h1-4,7,10,12H,5-6,8-9,17H2. The summed E-state index contributed by atoms with van der Waals surface area (Å²) in [6.07, 6.45) is 8.34. The molecule has 3 atom stereocenters. The summed E-state index contributed by atoms with van der Waals surface area (Å²) in [5, 5.41) is 0. The van der Waals surface area contributed by atoms with Gasteiger partial charge in [-0.05, 0) is 47.9 Å². The number of benzene rings is 1. The van der Waals surface area contributed by atoms with Crippen molar-refractivity contribution in [2.75, 3.05) is 5.73 Å². The second-order valence-corrected chi connectivity index (χ2v) is 6.16. The number of hydrogen-bond donors (Lipinski definition) is 1. The lowest BCUT2D eigenvalue weighted by Gasteiger charge is -2.40. The fourth-order valence-corrected chi connectivity index (χ4v) is 4.40. The highest BCUT2D eigenvalue weighted by molar-refractivity contribution is 5.86. The average Bonchev–Trinajstić information content (AvgIpc) is 2.91. The third-order valence-electron chi connectivity index (χ3n) is 5.08. The minimum atomic E-state index is 0.0689. The fourth-order valence-electron chi connectivity index (χ4n) is 4.40. The van der Waals surface area contributed by atoms with Crippen LogP contribution in [0.4, 0.5) is 5.69 Å². The molecule has 0 saturated heterocycles. The third kappa shape index (κ3) is 1.21. The Labute approximate surface area is 107 Å². The van der Waals surface area contributed by atoms with Crippen LogP contribution in [0.25, 0.3) is 0 Å². The summed E-state index contributed by atoms with van der Waals surface area (Å²) in [5.74, 6) is 1.62. The predicted octanol–water partition coefficient (Wildman–Crippen LogP) is 2.62. The van der Waals surface area contributed by atoms with Crippen LogP contribution in [0, 0.1) is 11.8 Å². The van der Waals surface area contributed by atoms with Crippen LogP contribution in [0.15, 0.2) is 30.4 Å². The highest BCUT2D eigenvalue weighted by atomic mass is 16.1. The SMILES string of the molecule is Nc1ccc2c(c1)C1(CC(=O)C2)CC2C=CC1C2. The van der Waals surface area contributed by atoms with Gasteiger partial charge in [0.05, 0.1) is 0 Å². The molecule has 2 nitrogen and oxygen atoms in total. The maximum atomic E-state index is 12.1. The normalized spacial score (nSPS) is 36.3. The molecule has 1 fully saturated rings. The van der Waals surface area contributed by atoms with Crippen molar-refractivity contribution in [1.82, 2.24) is 0 Å². The lowest BCUT2D eigenvalue weighted by atomic mass is 9.62. The van der Waals surface area contributed by atoms with Gasteiger partial charge in [-0.25, -0.2) is 0 Å². The molecular weight excluding hydrogens is 222 g/mol. The van der Waals surface area contributed by atoms with Crippen LogP contribution < -0.4 is 5.73 Å². The highest BCUT2D eigenvalue weighted by Gasteiger charge is 2.52. The molecule has 0 aromatic heterocycles. The number of allylic oxidation sites excluding steroid dienone is 2. The monoisotopic (exact) mass is 239 g/mol. The van der Waals surface area contributed by atoms with E-state index in [0.29, 0.717) is 24.0 Å². The second kappa shape index (κ2) is 3.25. The Balaban J connectivity index is 1.93. The first-order valence-corrected chi connectivity index (χ1v) is 6.76. The molecule has 3 aliphatic carbocycles. The van der Waals surface area contributed by atoms with E-state index < -0.39 is 0 Å². The van der Waals surface area contributed by atoms with Crippen LogP contribution >= 0.6 is 0 Å².